The number of hydrogen-bond donors (Lipinski definition) is 1. The van der Waals surface area contributed by atoms with Crippen molar-refractivity contribution in [1.29, 1.82) is 0 Å². The molecular weight excluding hydrogens is 208 g/mol. The van der Waals surface area contributed by atoms with E-state index >= 15 is 0 Å². The van der Waals surface area contributed by atoms with Gasteiger partial charge in [0.1, 0.15) is 0 Å². The van der Waals surface area contributed by atoms with Crippen LogP contribution in [0.25, 0.3) is 0 Å². The van der Waals surface area contributed by atoms with Crippen LogP contribution in [-0.4, -0.2) is 16.5 Å². The Morgan fingerprint density at radius 3 is 2.65 bits per heavy atom. The van der Waals surface area contributed by atoms with Gasteiger partial charge in [-0.1, -0.05) is 18.2 Å². The van der Waals surface area contributed by atoms with Crippen molar-refractivity contribution in [3.63, 3.8) is 0 Å². The SMILES string of the molecule is NC1(Cc2ccc3c(c2)CN(C2CC2)C3)CC1. The molecule has 2 heteroatoms. The average molecular weight is 228 g/mol. The second-order valence-corrected chi connectivity index (χ2v) is 6.28. The Morgan fingerprint density at radius 2 is 1.94 bits per heavy atom. The summed E-state index contributed by atoms with van der Waals surface area (Å²) in [6, 6.07) is 7.92. The second kappa shape index (κ2) is 3.33. The first-order valence-electron chi connectivity index (χ1n) is 6.86. The lowest BCUT2D eigenvalue weighted by atomic mass is 10.0. The molecule has 0 amide bonds. The molecule has 0 aromatic heterocycles. The summed E-state index contributed by atoms with van der Waals surface area (Å²) in [5, 5.41) is 0. The number of nitrogens with zero attached hydrogens (tertiary/aromatic N) is 1. The van der Waals surface area contributed by atoms with Gasteiger partial charge in [-0.2, -0.15) is 0 Å². The molecule has 2 N–H and O–H groups in total. The maximum atomic E-state index is 6.20. The first-order valence-corrected chi connectivity index (χ1v) is 6.86. The molecule has 1 heterocycles. The van der Waals surface area contributed by atoms with Crippen LogP contribution in [0.4, 0.5) is 0 Å². The highest BCUT2D eigenvalue weighted by Crippen LogP contribution is 2.38. The normalized spacial score (nSPS) is 25.9. The zero-order valence-corrected chi connectivity index (χ0v) is 10.3. The third-order valence-corrected chi connectivity index (χ3v) is 4.53. The van der Waals surface area contributed by atoms with Crippen molar-refractivity contribution in [2.45, 2.75) is 56.8 Å². The average Bonchev–Trinajstić information content (AvgIpc) is 3.21. The van der Waals surface area contributed by atoms with E-state index in [1.807, 2.05) is 0 Å². The van der Waals surface area contributed by atoms with Crippen molar-refractivity contribution >= 4 is 0 Å². The van der Waals surface area contributed by atoms with Crippen molar-refractivity contribution in [1.82, 2.24) is 4.90 Å². The summed E-state index contributed by atoms with van der Waals surface area (Å²) in [6.45, 7) is 2.35. The Bertz CT molecular complexity index is 458. The van der Waals surface area contributed by atoms with E-state index < -0.39 is 0 Å². The van der Waals surface area contributed by atoms with Crippen LogP contribution in [0.2, 0.25) is 0 Å². The minimum absolute atomic E-state index is 0.142. The van der Waals surface area contributed by atoms with Gasteiger partial charge in [0.05, 0.1) is 0 Å². The van der Waals surface area contributed by atoms with Gasteiger partial charge < -0.3 is 5.73 Å². The van der Waals surface area contributed by atoms with E-state index in [0.29, 0.717) is 0 Å². The van der Waals surface area contributed by atoms with Crippen LogP contribution in [0.3, 0.4) is 0 Å². The molecule has 17 heavy (non-hydrogen) atoms. The fraction of sp³-hybridized carbons (Fsp3) is 0.600. The van der Waals surface area contributed by atoms with Crippen LogP contribution >= 0.6 is 0 Å². The Morgan fingerprint density at radius 1 is 1.18 bits per heavy atom. The highest BCUT2D eigenvalue weighted by atomic mass is 15.2. The predicted molar refractivity (Wildman–Crippen MR) is 68.6 cm³/mol. The van der Waals surface area contributed by atoms with Crippen molar-refractivity contribution in [2.24, 2.45) is 5.73 Å². The summed E-state index contributed by atoms with van der Waals surface area (Å²) in [5.74, 6) is 0. The molecule has 1 aliphatic heterocycles. The number of hydrogen-bond acceptors (Lipinski definition) is 2. The van der Waals surface area contributed by atoms with Crippen molar-refractivity contribution < 1.29 is 0 Å². The van der Waals surface area contributed by atoms with Crippen molar-refractivity contribution in [3.8, 4) is 0 Å². The number of fused-ring (bicyclic) bond motifs is 1. The van der Waals surface area contributed by atoms with Crippen LogP contribution in [0.5, 0.6) is 0 Å². The number of rotatable bonds is 3. The molecule has 4 rings (SSSR count). The second-order valence-electron chi connectivity index (χ2n) is 6.28. The van der Waals surface area contributed by atoms with Crippen LogP contribution in [0.15, 0.2) is 18.2 Å². The minimum atomic E-state index is 0.142. The molecule has 1 aromatic carbocycles. The molecule has 0 unspecified atom stereocenters. The quantitative estimate of drug-likeness (QED) is 0.859. The molecule has 1 aromatic rings. The Balaban J connectivity index is 1.55. The van der Waals surface area contributed by atoms with Gasteiger partial charge >= 0.3 is 0 Å². The van der Waals surface area contributed by atoms with Gasteiger partial charge in [-0.05, 0) is 48.8 Å². The zero-order valence-electron chi connectivity index (χ0n) is 10.3. The van der Waals surface area contributed by atoms with Gasteiger partial charge in [0.15, 0.2) is 0 Å². The summed E-state index contributed by atoms with van der Waals surface area (Å²) >= 11 is 0. The van der Waals surface area contributed by atoms with Crippen molar-refractivity contribution in [3.05, 3.63) is 34.9 Å². The summed E-state index contributed by atoms with van der Waals surface area (Å²) in [5.41, 5.74) is 10.9. The fourth-order valence-corrected chi connectivity index (χ4v) is 3.03. The smallest absolute Gasteiger partial charge is 0.0243 e. The van der Waals surface area contributed by atoms with Crippen LogP contribution < -0.4 is 5.73 Å². The van der Waals surface area contributed by atoms with E-state index in [9.17, 15) is 0 Å². The highest BCUT2D eigenvalue weighted by Gasteiger charge is 2.38. The lowest BCUT2D eigenvalue weighted by Crippen LogP contribution is -2.24. The maximum absolute atomic E-state index is 6.20. The Hall–Kier alpha value is -0.860. The van der Waals surface area contributed by atoms with E-state index in [1.54, 1.807) is 11.1 Å². The molecule has 90 valence electrons. The summed E-state index contributed by atoms with van der Waals surface area (Å²) in [6.07, 6.45) is 6.31. The van der Waals surface area contributed by atoms with E-state index in [0.717, 1.165) is 12.5 Å². The molecule has 2 aliphatic carbocycles. The van der Waals surface area contributed by atoms with E-state index in [-0.39, 0.29) is 5.54 Å². The van der Waals surface area contributed by atoms with E-state index in [4.69, 9.17) is 5.73 Å². The minimum Gasteiger partial charge on any atom is -0.325 e. The Kier molecular flexibility index (Phi) is 1.98. The van der Waals surface area contributed by atoms with Gasteiger partial charge in [0, 0.05) is 24.7 Å². The van der Waals surface area contributed by atoms with Gasteiger partial charge in [-0.25, -0.2) is 0 Å². The molecule has 0 bridgehead atoms. The number of benzene rings is 1. The van der Waals surface area contributed by atoms with Gasteiger partial charge in [-0.3, -0.25) is 4.90 Å². The van der Waals surface area contributed by atoms with Gasteiger partial charge in [0.2, 0.25) is 0 Å². The standard InChI is InChI=1S/C15H20N2/c16-15(5-6-15)8-11-1-2-12-9-17(14-3-4-14)10-13(12)7-11/h1-2,7,14H,3-6,8-10,16H2. The molecule has 2 nitrogen and oxygen atoms in total. The number of nitrogens with two attached hydrogens (primary N) is 1. The summed E-state index contributed by atoms with van der Waals surface area (Å²) < 4.78 is 0. The van der Waals surface area contributed by atoms with E-state index in [1.165, 1.54) is 44.3 Å². The van der Waals surface area contributed by atoms with Crippen molar-refractivity contribution in [2.75, 3.05) is 0 Å². The van der Waals surface area contributed by atoms with E-state index in [2.05, 4.69) is 23.1 Å². The third kappa shape index (κ3) is 1.90. The van der Waals surface area contributed by atoms with Crippen LogP contribution in [0, 0.1) is 0 Å². The van der Waals surface area contributed by atoms with Gasteiger partial charge in [0.25, 0.3) is 0 Å². The molecule has 0 atom stereocenters. The topological polar surface area (TPSA) is 29.3 Å². The molecule has 3 aliphatic rings. The highest BCUT2D eigenvalue weighted by molar-refractivity contribution is 5.36. The van der Waals surface area contributed by atoms with Crippen LogP contribution in [-0.2, 0) is 19.5 Å². The molecule has 2 saturated carbocycles. The first kappa shape index (κ1) is 10.1. The van der Waals surface area contributed by atoms with Gasteiger partial charge in [-0.15, -0.1) is 0 Å². The predicted octanol–water partition coefficient (Wildman–Crippen LogP) is 2.20. The zero-order chi connectivity index (χ0) is 11.5. The monoisotopic (exact) mass is 228 g/mol. The largest absolute Gasteiger partial charge is 0.325 e. The molecule has 2 fully saturated rings. The lowest BCUT2D eigenvalue weighted by molar-refractivity contribution is 0.273. The molecule has 0 radical (unpaired) electrons. The fourth-order valence-electron chi connectivity index (χ4n) is 3.03. The molecular formula is C15H20N2. The Labute approximate surface area is 103 Å². The first-order chi connectivity index (χ1) is 8.22. The third-order valence-electron chi connectivity index (χ3n) is 4.53. The summed E-state index contributed by atoms with van der Waals surface area (Å²) in [7, 11) is 0. The maximum Gasteiger partial charge on any atom is 0.0243 e. The summed E-state index contributed by atoms with van der Waals surface area (Å²) in [4.78, 5) is 2.63. The lowest BCUT2D eigenvalue weighted by Gasteiger charge is -2.12. The van der Waals surface area contributed by atoms with Crippen LogP contribution in [0.1, 0.15) is 42.4 Å². The molecule has 0 spiro atoms. The molecule has 0 saturated heterocycles.